The standard InChI is InChI=1S/C27H35N6O5P/c1-5-29-17-23-31-24-25(21-13-9-10-14-22(21)30-26(24)28)33(23)15-16-36-39(35,38-20-11-7-6-8-12-20)32-19(4)27(34)37-18(2)3/h6-14,18-19,29H,5,15-17H2,1-4H3,(H2,28,30)(H,32,35)/t19-,39-/m0/s1. The average molecular weight is 555 g/mol. The number of benzene rings is 2. The Balaban J connectivity index is 1.63. The molecule has 0 aliphatic heterocycles. The number of aromatic nitrogens is 3. The van der Waals surface area contributed by atoms with Crippen LogP contribution in [0.25, 0.3) is 21.9 Å². The lowest BCUT2D eigenvalue weighted by molar-refractivity contribution is -0.149. The molecule has 2 aromatic heterocycles. The van der Waals surface area contributed by atoms with Gasteiger partial charge in [-0.05, 0) is 45.5 Å². The Morgan fingerprint density at radius 3 is 2.51 bits per heavy atom. The van der Waals surface area contributed by atoms with Crippen LogP contribution >= 0.6 is 7.75 Å². The van der Waals surface area contributed by atoms with E-state index in [0.29, 0.717) is 30.2 Å². The number of ether oxygens (including phenoxy) is 1. The van der Waals surface area contributed by atoms with E-state index in [1.165, 1.54) is 0 Å². The zero-order valence-corrected chi connectivity index (χ0v) is 23.5. The second kappa shape index (κ2) is 12.6. The number of anilines is 1. The Hall–Kier alpha value is -3.50. The third-order valence-electron chi connectivity index (χ3n) is 5.82. The van der Waals surface area contributed by atoms with E-state index < -0.39 is 19.8 Å². The summed E-state index contributed by atoms with van der Waals surface area (Å²) in [5.74, 6) is 0.844. The van der Waals surface area contributed by atoms with Crippen LogP contribution in [0.2, 0.25) is 0 Å². The lowest BCUT2D eigenvalue weighted by Gasteiger charge is -2.23. The van der Waals surface area contributed by atoms with E-state index in [2.05, 4.69) is 15.4 Å². The Kier molecular flexibility index (Phi) is 9.19. The van der Waals surface area contributed by atoms with Crippen LogP contribution in [0.5, 0.6) is 5.75 Å². The van der Waals surface area contributed by atoms with E-state index in [-0.39, 0.29) is 12.7 Å². The molecule has 0 aliphatic carbocycles. The molecular weight excluding hydrogens is 519 g/mol. The normalized spacial score (nSPS) is 14.0. The molecule has 208 valence electrons. The Morgan fingerprint density at radius 2 is 1.79 bits per heavy atom. The molecule has 0 fully saturated rings. The SMILES string of the molecule is CCNCc1nc2c(N)nc3ccccc3c2n1CCO[P@@](=O)(N[C@@H](C)C(=O)OC(C)C)Oc1ccccc1. The Bertz CT molecular complexity index is 1480. The highest BCUT2D eigenvalue weighted by atomic mass is 31.2. The number of nitrogens with one attached hydrogen (secondary N) is 2. The first-order valence-corrected chi connectivity index (χ1v) is 14.5. The maximum Gasteiger partial charge on any atom is 0.459 e. The van der Waals surface area contributed by atoms with Gasteiger partial charge in [0.15, 0.2) is 5.82 Å². The smallest absolute Gasteiger partial charge is 0.459 e. The number of rotatable bonds is 13. The second-order valence-corrected chi connectivity index (χ2v) is 10.9. The van der Waals surface area contributed by atoms with Crippen molar-refractivity contribution in [3.8, 4) is 5.75 Å². The molecule has 4 N–H and O–H groups in total. The number of carbonyl (C=O) groups excluding carboxylic acids is 1. The molecule has 0 amide bonds. The molecule has 39 heavy (non-hydrogen) atoms. The van der Waals surface area contributed by atoms with Crippen LogP contribution in [0, 0.1) is 0 Å². The minimum Gasteiger partial charge on any atom is -0.462 e. The quantitative estimate of drug-likeness (QED) is 0.161. The number of nitrogens with zero attached hydrogens (tertiary/aromatic N) is 3. The number of nitrogen functional groups attached to an aromatic ring is 1. The largest absolute Gasteiger partial charge is 0.462 e. The lowest BCUT2D eigenvalue weighted by Crippen LogP contribution is -2.36. The molecule has 4 aromatic rings. The number of para-hydroxylation sites is 2. The fourth-order valence-electron chi connectivity index (χ4n) is 4.10. The van der Waals surface area contributed by atoms with Crippen molar-refractivity contribution in [3.63, 3.8) is 0 Å². The van der Waals surface area contributed by atoms with Crippen molar-refractivity contribution in [1.82, 2.24) is 24.9 Å². The van der Waals surface area contributed by atoms with Gasteiger partial charge in [-0.25, -0.2) is 14.5 Å². The maximum absolute atomic E-state index is 13.9. The molecular formula is C27H35N6O5P. The minimum atomic E-state index is -4.00. The molecule has 2 atom stereocenters. The van der Waals surface area contributed by atoms with Gasteiger partial charge in [0.2, 0.25) is 0 Å². The number of nitrogens with two attached hydrogens (primary N) is 1. The molecule has 0 saturated heterocycles. The van der Waals surface area contributed by atoms with E-state index in [9.17, 15) is 9.36 Å². The highest BCUT2D eigenvalue weighted by Gasteiger charge is 2.32. The number of hydrogen-bond acceptors (Lipinski definition) is 9. The van der Waals surface area contributed by atoms with Gasteiger partial charge in [-0.1, -0.05) is 43.3 Å². The van der Waals surface area contributed by atoms with Crippen LogP contribution in [-0.4, -0.2) is 45.8 Å². The van der Waals surface area contributed by atoms with Gasteiger partial charge < -0.3 is 24.9 Å². The van der Waals surface area contributed by atoms with Gasteiger partial charge in [0.25, 0.3) is 0 Å². The summed E-state index contributed by atoms with van der Waals surface area (Å²) in [5.41, 5.74) is 8.43. The predicted molar refractivity (Wildman–Crippen MR) is 151 cm³/mol. The fourth-order valence-corrected chi connectivity index (χ4v) is 5.59. The number of hydrogen-bond donors (Lipinski definition) is 3. The number of esters is 1. The molecule has 0 saturated carbocycles. The van der Waals surface area contributed by atoms with Crippen LogP contribution < -0.4 is 20.7 Å². The third kappa shape index (κ3) is 6.93. The molecule has 2 aromatic carbocycles. The first-order valence-electron chi connectivity index (χ1n) is 12.9. The molecule has 2 heterocycles. The number of fused-ring (bicyclic) bond motifs is 3. The first kappa shape index (κ1) is 28.5. The fraction of sp³-hybridized carbons (Fsp3) is 0.370. The van der Waals surface area contributed by atoms with Gasteiger partial charge in [0.05, 0.1) is 30.3 Å². The van der Waals surface area contributed by atoms with E-state index in [1.54, 1.807) is 45.0 Å². The zero-order valence-electron chi connectivity index (χ0n) is 22.6. The molecule has 12 heteroatoms. The van der Waals surface area contributed by atoms with Crippen molar-refractivity contribution < 1.29 is 23.1 Å². The summed E-state index contributed by atoms with van der Waals surface area (Å²) in [7, 11) is -4.00. The average Bonchev–Trinajstić information content (AvgIpc) is 3.26. The van der Waals surface area contributed by atoms with Gasteiger partial charge in [0, 0.05) is 11.9 Å². The van der Waals surface area contributed by atoms with Gasteiger partial charge in [-0.2, -0.15) is 5.09 Å². The molecule has 0 aliphatic rings. The highest BCUT2D eigenvalue weighted by Crippen LogP contribution is 2.45. The summed E-state index contributed by atoms with van der Waals surface area (Å²) < 4.78 is 32.8. The molecule has 0 bridgehead atoms. The van der Waals surface area contributed by atoms with Crippen molar-refractivity contribution in [1.29, 1.82) is 0 Å². The van der Waals surface area contributed by atoms with E-state index in [4.69, 9.17) is 24.5 Å². The number of pyridine rings is 1. The lowest BCUT2D eigenvalue weighted by atomic mass is 10.2. The highest BCUT2D eigenvalue weighted by molar-refractivity contribution is 7.52. The Morgan fingerprint density at radius 1 is 1.08 bits per heavy atom. The molecule has 0 unspecified atom stereocenters. The predicted octanol–water partition coefficient (Wildman–Crippen LogP) is 4.41. The van der Waals surface area contributed by atoms with Gasteiger partial charge in [0.1, 0.15) is 23.1 Å². The van der Waals surface area contributed by atoms with E-state index in [1.807, 2.05) is 41.8 Å². The van der Waals surface area contributed by atoms with E-state index in [0.717, 1.165) is 28.8 Å². The van der Waals surface area contributed by atoms with E-state index >= 15 is 0 Å². The molecule has 0 spiro atoms. The third-order valence-corrected chi connectivity index (χ3v) is 7.50. The summed E-state index contributed by atoms with van der Waals surface area (Å²) in [6.07, 6.45) is -0.321. The molecule has 4 rings (SSSR count). The van der Waals surface area contributed by atoms with Crippen molar-refractivity contribution in [2.75, 3.05) is 18.9 Å². The molecule has 0 radical (unpaired) electrons. The minimum absolute atomic E-state index is 0.00972. The summed E-state index contributed by atoms with van der Waals surface area (Å²) in [6, 6.07) is 15.4. The summed E-state index contributed by atoms with van der Waals surface area (Å²) in [6.45, 7) is 8.57. The van der Waals surface area contributed by atoms with Crippen molar-refractivity contribution in [2.24, 2.45) is 0 Å². The van der Waals surface area contributed by atoms with Crippen molar-refractivity contribution >= 4 is 41.5 Å². The van der Waals surface area contributed by atoms with Gasteiger partial charge >= 0.3 is 13.7 Å². The summed E-state index contributed by atoms with van der Waals surface area (Å²) >= 11 is 0. The second-order valence-electron chi connectivity index (χ2n) is 9.24. The number of imidazole rings is 1. The summed E-state index contributed by atoms with van der Waals surface area (Å²) in [5, 5.41) is 6.91. The van der Waals surface area contributed by atoms with Crippen LogP contribution in [0.1, 0.15) is 33.5 Å². The van der Waals surface area contributed by atoms with Gasteiger partial charge in [-0.15, -0.1) is 0 Å². The first-order chi connectivity index (χ1) is 18.7. The van der Waals surface area contributed by atoms with Crippen LogP contribution in [-0.2, 0) is 31.7 Å². The van der Waals surface area contributed by atoms with Gasteiger partial charge in [-0.3, -0.25) is 9.32 Å². The number of carbonyl (C=O) groups is 1. The monoisotopic (exact) mass is 554 g/mol. The van der Waals surface area contributed by atoms with Crippen molar-refractivity contribution in [3.05, 3.63) is 60.4 Å². The maximum atomic E-state index is 13.9. The molecule has 11 nitrogen and oxygen atoms in total. The topological polar surface area (TPSA) is 143 Å². The van der Waals surface area contributed by atoms with Crippen LogP contribution in [0.4, 0.5) is 5.82 Å². The zero-order chi connectivity index (χ0) is 28.0. The van der Waals surface area contributed by atoms with Crippen molar-refractivity contribution in [2.45, 2.75) is 52.9 Å². The Labute approximate surface area is 227 Å². The summed E-state index contributed by atoms with van der Waals surface area (Å²) in [4.78, 5) is 21.7. The van der Waals surface area contributed by atoms with Crippen LogP contribution in [0.15, 0.2) is 54.6 Å². The van der Waals surface area contributed by atoms with Crippen LogP contribution in [0.3, 0.4) is 0 Å².